The molecule has 1 aliphatic rings. The zero-order valence-electron chi connectivity index (χ0n) is 22.2. The van der Waals surface area contributed by atoms with E-state index in [2.05, 4.69) is 89.0 Å². The summed E-state index contributed by atoms with van der Waals surface area (Å²) in [6.45, 7) is 7.42. The Balaban J connectivity index is 0.00000380. The van der Waals surface area contributed by atoms with E-state index in [0.717, 1.165) is 43.1 Å². The van der Waals surface area contributed by atoms with Crippen LogP contribution >= 0.6 is 12.4 Å². The lowest BCUT2D eigenvalue weighted by Gasteiger charge is -2.25. The number of nitrogens with one attached hydrogen (secondary N) is 1. The van der Waals surface area contributed by atoms with Crippen molar-refractivity contribution in [2.24, 2.45) is 0 Å². The highest BCUT2D eigenvalue weighted by molar-refractivity contribution is 5.90. The molecule has 0 radical (unpaired) electrons. The fraction of sp³-hybridized carbons (Fsp3) is 0.323. The van der Waals surface area contributed by atoms with E-state index >= 15 is 0 Å². The second-order valence-corrected chi connectivity index (χ2v) is 9.76. The molecule has 1 atom stereocenters. The van der Waals surface area contributed by atoms with Crippen molar-refractivity contribution >= 4 is 29.7 Å². The van der Waals surface area contributed by atoms with Crippen molar-refractivity contribution < 1.29 is 9.53 Å². The van der Waals surface area contributed by atoms with Crippen LogP contribution in [0.2, 0.25) is 0 Å². The Bertz CT molecular complexity index is 1180. The van der Waals surface area contributed by atoms with Crippen LogP contribution in [0, 0.1) is 0 Å². The number of anilines is 1. The monoisotopic (exact) mass is 519 g/mol. The number of halogens is 1. The predicted molar refractivity (Wildman–Crippen MR) is 155 cm³/mol. The van der Waals surface area contributed by atoms with Gasteiger partial charge in [-0.05, 0) is 55.9 Å². The lowest BCUT2D eigenvalue weighted by Crippen LogP contribution is -2.25. The summed E-state index contributed by atoms with van der Waals surface area (Å²) in [7, 11) is 2.15. The van der Waals surface area contributed by atoms with Crippen molar-refractivity contribution in [3.05, 3.63) is 102 Å². The first-order chi connectivity index (χ1) is 17.4. The highest BCUT2D eigenvalue weighted by atomic mass is 35.5. The van der Waals surface area contributed by atoms with Gasteiger partial charge in [-0.15, -0.1) is 12.4 Å². The maximum atomic E-state index is 12.0. The predicted octanol–water partition coefficient (Wildman–Crippen LogP) is 6.77. The Labute approximate surface area is 227 Å². The molecule has 0 fully saturated rings. The molecule has 37 heavy (non-hydrogen) atoms. The summed E-state index contributed by atoms with van der Waals surface area (Å²) >= 11 is 0. The molecule has 0 aromatic heterocycles. The molecule has 0 aliphatic carbocycles. The van der Waals surface area contributed by atoms with E-state index in [9.17, 15) is 4.79 Å². The van der Waals surface area contributed by atoms with Gasteiger partial charge in [0.2, 0.25) is 5.91 Å². The number of ether oxygens (including phenoxy) is 1. The number of hydrogen-bond acceptors (Lipinski definition) is 4. The minimum Gasteiger partial charge on any atom is -0.491 e. The van der Waals surface area contributed by atoms with Gasteiger partial charge in [-0.25, -0.2) is 0 Å². The van der Waals surface area contributed by atoms with E-state index < -0.39 is 0 Å². The van der Waals surface area contributed by atoms with E-state index in [1.165, 1.54) is 16.8 Å². The summed E-state index contributed by atoms with van der Waals surface area (Å²) in [6, 6.07) is 27.1. The van der Waals surface area contributed by atoms with E-state index in [4.69, 9.17) is 4.74 Å². The van der Waals surface area contributed by atoms with Crippen LogP contribution in [0.3, 0.4) is 0 Å². The van der Waals surface area contributed by atoms with Gasteiger partial charge in [0.15, 0.2) is 0 Å². The summed E-state index contributed by atoms with van der Waals surface area (Å²) < 4.78 is 6.18. The number of hydrogen-bond donors (Lipinski definition) is 1. The van der Waals surface area contributed by atoms with Crippen molar-refractivity contribution in [1.29, 1.82) is 0 Å². The molecule has 5 nitrogen and oxygen atoms in total. The zero-order chi connectivity index (χ0) is 25.5. The van der Waals surface area contributed by atoms with Gasteiger partial charge >= 0.3 is 0 Å². The Morgan fingerprint density at radius 3 is 2.30 bits per heavy atom. The molecular weight excluding hydrogens is 482 g/mol. The molecule has 0 spiro atoms. The normalized spacial score (nSPS) is 13.7. The summed E-state index contributed by atoms with van der Waals surface area (Å²) in [5.41, 5.74) is 5.66. The maximum absolute atomic E-state index is 12.0. The van der Waals surface area contributed by atoms with Gasteiger partial charge in [0.05, 0.1) is 18.5 Å². The zero-order valence-corrected chi connectivity index (χ0v) is 23.0. The smallest absolute Gasteiger partial charge is 0.221 e. The standard InChI is InChI=1S/C31H37N3O2.ClH/c1-23(2)36-31-17-11-16-29(32-24(3)35)28(31)20-27(25-12-7-5-8-13-25)18-19-34-21-30(33(4)22-34)26-14-9-6-10-15-26;/h5-17,21,23,27H,18-20,22H2,1-4H3,(H,32,35);1H. The molecule has 1 heterocycles. The lowest BCUT2D eigenvalue weighted by atomic mass is 9.88. The average Bonchev–Trinajstić information content (AvgIpc) is 3.24. The van der Waals surface area contributed by atoms with Crippen LogP contribution in [0.25, 0.3) is 5.70 Å². The van der Waals surface area contributed by atoms with Crippen molar-refractivity contribution in [1.82, 2.24) is 9.80 Å². The van der Waals surface area contributed by atoms with Crippen LogP contribution in [0.5, 0.6) is 5.75 Å². The molecule has 0 saturated heterocycles. The summed E-state index contributed by atoms with van der Waals surface area (Å²) in [4.78, 5) is 16.7. The molecule has 1 N–H and O–H groups in total. The topological polar surface area (TPSA) is 44.8 Å². The molecule has 196 valence electrons. The van der Waals surface area contributed by atoms with Gasteiger partial charge in [-0.3, -0.25) is 4.79 Å². The van der Waals surface area contributed by atoms with Crippen LogP contribution in [0.4, 0.5) is 5.69 Å². The average molecular weight is 520 g/mol. The van der Waals surface area contributed by atoms with E-state index in [-0.39, 0.29) is 30.3 Å². The van der Waals surface area contributed by atoms with Crippen molar-refractivity contribution in [3.63, 3.8) is 0 Å². The van der Waals surface area contributed by atoms with Gasteiger partial charge in [0, 0.05) is 38.0 Å². The number of nitrogens with zero attached hydrogens (tertiary/aromatic N) is 2. The molecular formula is C31H38ClN3O2. The first-order valence-electron chi connectivity index (χ1n) is 12.7. The van der Waals surface area contributed by atoms with Gasteiger partial charge in [-0.2, -0.15) is 0 Å². The summed E-state index contributed by atoms with van der Waals surface area (Å²) in [5, 5.41) is 3.03. The molecule has 3 aromatic carbocycles. The maximum Gasteiger partial charge on any atom is 0.221 e. The number of rotatable bonds is 10. The molecule has 1 amide bonds. The molecule has 0 saturated carbocycles. The lowest BCUT2D eigenvalue weighted by molar-refractivity contribution is -0.114. The number of amides is 1. The Morgan fingerprint density at radius 2 is 1.65 bits per heavy atom. The van der Waals surface area contributed by atoms with E-state index in [1.807, 2.05) is 32.0 Å². The molecule has 6 heteroatoms. The van der Waals surface area contributed by atoms with E-state index in [0.29, 0.717) is 0 Å². The SMILES string of the molecule is CC(=O)Nc1cccc(OC(C)C)c1CC(CCN1C=C(c2ccccc2)N(C)C1)c1ccccc1.Cl. The third-order valence-corrected chi connectivity index (χ3v) is 6.47. The molecule has 4 rings (SSSR count). The van der Waals surface area contributed by atoms with E-state index in [1.54, 1.807) is 6.92 Å². The van der Waals surface area contributed by atoms with Gasteiger partial charge in [0.1, 0.15) is 5.75 Å². The molecule has 0 bridgehead atoms. The van der Waals surface area contributed by atoms with Crippen molar-refractivity contribution in [3.8, 4) is 5.75 Å². The fourth-order valence-corrected chi connectivity index (χ4v) is 4.83. The minimum atomic E-state index is -0.0760. The first kappa shape index (κ1) is 28.1. The third-order valence-electron chi connectivity index (χ3n) is 6.47. The van der Waals surface area contributed by atoms with Crippen LogP contribution in [-0.2, 0) is 11.2 Å². The second-order valence-electron chi connectivity index (χ2n) is 9.76. The summed E-state index contributed by atoms with van der Waals surface area (Å²) in [5.74, 6) is 1.03. The highest BCUT2D eigenvalue weighted by Gasteiger charge is 2.23. The minimum absolute atomic E-state index is 0. The molecule has 3 aromatic rings. The number of benzene rings is 3. The van der Waals surface area contributed by atoms with Crippen LogP contribution in [-0.4, -0.2) is 42.1 Å². The van der Waals surface area contributed by atoms with Crippen molar-refractivity contribution in [2.45, 2.75) is 45.6 Å². The third kappa shape index (κ3) is 7.53. The van der Waals surface area contributed by atoms with Gasteiger partial charge in [0.25, 0.3) is 0 Å². The first-order valence-corrected chi connectivity index (χ1v) is 12.7. The quantitative estimate of drug-likeness (QED) is 0.321. The van der Waals surface area contributed by atoms with Gasteiger partial charge in [-0.1, -0.05) is 66.7 Å². The Kier molecular flexibility index (Phi) is 10.0. The van der Waals surface area contributed by atoms with Crippen LogP contribution < -0.4 is 10.1 Å². The second kappa shape index (κ2) is 13.2. The van der Waals surface area contributed by atoms with Crippen molar-refractivity contribution in [2.75, 3.05) is 25.6 Å². The molecule has 1 unspecified atom stereocenters. The van der Waals surface area contributed by atoms with Crippen LogP contribution in [0.15, 0.2) is 85.1 Å². The molecule has 1 aliphatic heterocycles. The van der Waals surface area contributed by atoms with Gasteiger partial charge < -0.3 is 19.9 Å². The van der Waals surface area contributed by atoms with Crippen LogP contribution in [0.1, 0.15) is 49.8 Å². The largest absolute Gasteiger partial charge is 0.491 e. The number of carbonyl (C=O) groups is 1. The Hall–Kier alpha value is -3.44. The highest BCUT2D eigenvalue weighted by Crippen LogP contribution is 2.35. The number of carbonyl (C=O) groups excluding carboxylic acids is 1. The summed E-state index contributed by atoms with van der Waals surface area (Å²) in [6.07, 6.45) is 4.08. The Morgan fingerprint density at radius 1 is 0.973 bits per heavy atom. The fourth-order valence-electron chi connectivity index (χ4n) is 4.83.